The second-order valence-electron chi connectivity index (χ2n) is 4.28. The summed E-state index contributed by atoms with van der Waals surface area (Å²) in [4.78, 5) is 0. The summed E-state index contributed by atoms with van der Waals surface area (Å²) in [6, 6.07) is 8.65. The summed E-state index contributed by atoms with van der Waals surface area (Å²) in [6.07, 6.45) is 2.52. The molecule has 1 heterocycles. The highest BCUT2D eigenvalue weighted by molar-refractivity contribution is 5.24. The van der Waals surface area contributed by atoms with Crippen LogP contribution in [0.25, 0.3) is 0 Å². The molecule has 88 valence electrons. The van der Waals surface area contributed by atoms with Crippen LogP contribution in [0.4, 0.5) is 0 Å². The maximum Gasteiger partial charge on any atom is 0.106 e. The fourth-order valence-corrected chi connectivity index (χ4v) is 1.94. The van der Waals surface area contributed by atoms with Crippen molar-refractivity contribution in [2.45, 2.75) is 38.9 Å². The molecule has 0 unspecified atom stereocenters. The first kappa shape index (κ1) is 11.6. The second kappa shape index (κ2) is 5.46. The fourth-order valence-electron chi connectivity index (χ4n) is 1.94. The molecule has 0 aliphatic carbocycles. The highest BCUT2D eigenvalue weighted by atomic mass is 16.6. The first-order valence-electron chi connectivity index (χ1n) is 6.15. The van der Waals surface area contributed by atoms with Crippen LogP contribution in [-0.4, -0.2) is 19.3 Å². The Kier molecular flexibility index (Phi) is 3.97. The number of hydrogen-bond donors (Lipinski definition) is 0. The number of ether oxygens (including phenoxy) is 2. The molecule has 2 rings (SSSR count). The maximum absolute atomic E-state index is 5.82. The summed E-state index contributed by atoms with van der Waals surface area (Å²) in [5.41, 5.74) is 2.60. The van der Waals surface area contributed by atoms with Gasteiger partial charge in [-0.15, -0.1) is 0 Å². The zero-order chi connectivity index (χ0) is 11.4. The van der Waals surface area contributed by atoms with Crippen molar-refractivity contribution in [1.29, 1.82) is 0 Å². The van der Waals surface area contributed by atoms with Crippen LogP contribution in [0.5, 0.6) is 0 Å². The lowest BCUT2D eigenvalue weighted by molar-refractivity contribution is -0.135. The number of aryl methyl sites for hydroxylation is 1. The second-order valence-corrected chi connectivity index (χ2v) is 4.28. The van der Waals surface area contributed by atoms with Crippen molar-refractivity contribution in [2.24, 2.45) is 0 Å². The van der Waals surface area contributed by atoms with Crippen LogP contribution in [0.3, 0.4) is 0 Å². The summed E-state index contributed by atoms with van der Waals surface area (Å²) < 4.78 is 11.5. The van der Waals surface area contributed by atoms with E-state index in [1.54, 1.807) is 0 Å². The van der Waals surface area contributed by atoms with E-state index >= 15 is 0 Å². The molecular formula is C14H20O2. The summed E-state index contributed by atoms with van der Waals surface area (Å²) in [7, 11) is 0. The number of rotatable bonds is 3. The Morgan fingerprint density at radius 3 is 2.31 bits per heavy atom. The molecule has 16 heavy (non-hydrogen) atoms. The molecule has 1 aliphatic heterocycles. The van der Waals surface area contributed by atoms with Gasteiger partial charge in [0, 0.05) is 0 Å². The molecule has 1 saturated heterocycles. The number of benzene rings is 1. The predicted molar refractivity (Wildman–Crippen MR) is 64.5 cm³/mol. The van der Waals surface area contributed by atoms with Crippen molar-refractivity contribution in [1.82, 2.24) is 0 Å². The van der Waals surface area contributed by atoms with Gasteiger partial charge in [-0.3, -0.25) is 0 Å². The lowest BCUT2D eigenvalue weighted by atomic mass is 10.1. The monoisotopic (exact) mass is 220 g/mol. The average Bonchev–Trinajstić information content (AvgIpc) is 2.39. The smallest absolute Gasteiger partial charge is 0.106 e. The predicted octanol–water partition coefficient (Wildman–Crippen LogP) is 3.12. The van der Waals surface area contributed by atoms with E-state index < -0.39 is 0 Å². The normalized spacial score (nSPS) is 25.6. The molecule has 2 atom stereocenters. The van der Waals surface area contributed by atoms with Gasteiger partial charge in [0.15, 0.2) is 0 Å². The molecule has 0 aromatic heterocycles. The van der Waals surface area contributed by atoms with Crippen molar-refractivity contribution in [2.75, 3.05) is 13.2 Å². The molecule has 1 aromatic carbocycles. The lowest BCUT2D eigenvalue weighted by Crippen LogP contribution is -2.30. The van der Waals surface area contributed by atoms with Crippen molar-refractivity contribution >= 4 is 0 Å². The van der Waals surface area contributed by atoms with Crippen LogP contribution in [-0.2, 0) is 15.9 Å². The zero-order valence-electron chi connectivity index (χ0n) is 10.1. The third kappa shape index (κ3) is 2.63. The Bertz CT molecular complexity index is 310. The standard InChI is InChI=1S/C14H20O2/c1-3-11-5-7-12(8-6-11)14-10-15-13(4-2)9-16-14/h5-8,13-14H,3-4,9-10H2,1-2H3/t13-,14-/m0/s1. The number of hydrogen-bond acceptors (Lipinski definition) is 2. The topological polar surface area (TPSA) is 18.5 Å². The van der Waals surface area contributed by atoms with E-state index in [1.807, 2.05) is 0 Å². The molecule has 0 amide bonds. The summed E-state index contributed by atoms with van der Waals surface area (Å²) in [6.45, 7) is 5.70. The minimum atomic E-state index is 0.119. The molecule has 0 saturated carbocycles. The van der Waals surface area contributed by atoms with E-state index in [2.05, 4.69) is 38.1 Å². The average molecular weight is 220 g/mol. The van der Waals surface area contributed by atoms with Gasteiger partial charge in [-0.2, -0.15) is 0 Å². The third-order valence-electron chi connectivity index (χ3n) is 3.18. The van der Waals surface area contributed by atoms with Gasteiger partial charge in [-0.05, 0) is 24.0 Å². The largest absolute Gasteiger partial charge is 0.373 e. The first-order chi connectivity index (χ1) is 7.83. The minimum absolute atomic E-state index is 0.119. The van der Waals surface area contributed by atoms with E-state index in [9.17, 15) is 0 Å². The summed E-state index contributed by atoms with van der Waals surface area (Å²) in [5.74, 6) is 0. The Hall–Kier alpha value is -0.860. The van der Waals surface area contributed by atoms with Crippen LogP contribution in [0.15, 0.2) is 24.3 Å². The van der Waals surface area contributed by atoms with E-state index in [0.717, 1.165) is 19.4 Å². The van der Waals surface area contributed by atoms with Crippen molar-refractivity contribution in [3.05, 3.63) is 35.4 Å². The lowest BCUT2D eigenvalue weighted by Gasteiger charge is -2.29. The maximum atomic E-state index is 5.82. The molecule has 0 spiro atoms. The molecule has 2 heteroatoms. The van der Waals surface area contributed by atoms with E-state index in [0.29, 0.717) is 6.61 Å². The molecule has 1 aromatic rings. The summed E-state index contributed by atoms with van der Waals surface area (Å²) in [5, 5.41) is 0. The van der Waals surface area contributed by atoms with Crippen LogP contribution in [0.1, 0.15) is 37.5 Å². The van der Waals surface area contributed by atoms with E-state index in [1.165, 1.54) is 11.1 Å². The molecule has 1 aliphatic rings. The fraction of sp³-hybridized carbons (Fsp3) is 0.571. The van der Waals surface area contributed by atoms with Crippen LogP contribution in [0, 0.1) is 0 Å². The van der Waals surface area contributed by atoms with Gasteiger partial charge in [0.25, 0.3) is 0 Å². The van der Waals surface area contributed by atoms with Gasteiger partial charge in [0.05, 0.1) is 19.3 Å². The van der Waals surface area contributed by atoms with Gasteiger partial charge in [0.2, 0.25) is 0 Å². The van der Waals surface area contributed by atoms with Crippen molar-refractivity contribution in [3.63, 3.8) is 0 Å². The Morgan fingerprint density at radius 2 is 1.81 bits per heavy atom. The van der Waals surface area contributed by atoms with Gasteiger partial charge in [0.1, 0.15) is 6.10 Å². The molecule has 0 N–H and O–H groups in total. The van der Waals surface area contributed by atoms with E-state index in [4.69, 9.17) is 9.47 Å². The molecule has 1 fully saturated rings. The van der Waals surface area contributed by atoms with Gasteiger partial charge in [-0.1, -0.05) is 38.1 Å². The Balaban J connectivity index is 1.97. The first-order valence-corrected chi connectivity index (χ1v) is 6.15. The summed E-state index contributed by atoms with van der Waals surface area (Å²) >= 11 is 0. The molecule has 0 bridgehead atoms. The van der Waals surface area contributed by atoms with Crippen LogP contribution in [0.2, 0.25) is 0 Å². The van der Waals surface area contributed by atoms with Gasteiger partial charge in [-0.25, -0.2) is 0 Å². The third-order valence-corrected chi connectivity index (χ3v) is 3.18. The minimum Gasteiger partial charge on any atom is -0.373 e. The molecule has 2 nitrogen and oxygen atoms in total. The SMILES string of the molecule is CCc1ccc([C@@H]2CO[C@@H](CC)CO2)cc1. The highest BCUT2D eigenvalue weighted by Gasteiger charge is 2.21. The molecular weight excluding hydrogens is 200 g/mol. The quantitative estimate of drug-likeness (QED) is 0.779. The molecule has 0 radical (unpaired) electrons. The van der Waals surface area contributed by atoms with E-state index in [-0.39, 0.29) is 12.2 Å². The Morgan fingerprint density at radius 1 is 1.06 bits per heavy atom. The highest BCUT2D eigenvalue weighted by Crippen LogP contribution is 2.24. The van der Waals surface area contributed by atoms with Crippen LogP contribution >= 0.6 is 0 Å². The van der Waals surface area contributed by atoms with Crippen LogP contribution < -0.4 is 0 Å². The van der Waals surface area contributed by atoms with Crippen molar-refractivity contribution in [3.8, 4) is 0 Å². The van der Waals surface area contributed by atoms with Gasteiger partial charge >= 0.3 is 0 Å². The zero-order valence-corrected chi connectivity index (χ0v) is 10.1. The Labute approximate surface area is 97.6 Å². The van der Waals surface area contributed by atoms with Crippen molar-refractivity contribution < 1.29 is 9.47 Å². The van der Waals surface area contributed by atoms with Gasteiger partial charge < -0.3 is 9.47 Å².